The van der Waals surface area contributed by atoms with Crippen LogP contribution in [0.25, 0.3) is 0 Å². The van der Waals surface area contributed by atoms with Crippen LogP contribution in [0.4, 0.5) is 4.79 Å². The Hall–Kier alpha value is -1.55. The van der Waals surface area contributed by atoms with Gasteiger partial charge < -0.3 is 15.7 Å². The first-order valence-corrected chi connectivity index (χ1v) is 6.98. The van der Waals surface area contributed by atoms with Crippen molar-refractivity contribution in [2.24, 2.45) is 0 Å². The van der Waals surface area contributed by atoms with Gasteiger partial charge in [-0.05, 0) is 12.0 Å². The van der Waals surface area contributed by atoms with Crippen molar-refractivity contribution in [2.75, 3.05) is 13.2 Å². The molecule has 4 heteroatoms. The molecule has 0 aliphatic carbocycles. The van der Waals surface area contributed by atoms with Gasteiger partial charge in [-0.25, -0.2) is 4.79 Å². The minimum atomic E-state index is -0.350. The normalized spacial score (nSPS) is 11.9. The summed E-state index contributed by atoms with van der Waals surface area (Å²) in [6.07, 6.45) is 4.52. The molecule has 0 saturated carbocycles. The SMILES string of the molecule is CCCCCCNC(=O)NC(CO)c1ccccc1. The Balaban J connectivity index is 2.30. The van der Waals surface area contributed by atoms with Gasteiger partial charge in [0.05, 0.1) is 12.6 Å². The van der Waals surface area contributed by atoms with Crippen molar-refractivity contribution >= 4 is 6.03 Å². The van der Waals surface area contributed by atoms with E-state index in [1.807, 2.05) is 30.3 Å². The first-order chi connectivity index (χ1) is 9.27. The van der Waals surface area contributed by atoms with E-state index in [4.69, 9.17) is 0 Å². The summed E-state index contributed by atoms with van der Waals surface area (Å²) < 4.78 is 0. The maximum Gasteiger partial charge on any atom is 0.315 e. The second-order valence-corrected chi connectivity index (χ2v) is 4.61. The molecule has 0 bridgehead atoms. The van der Waals surface area contributed by atoms with Crippen LogP contribution in [-0.4, -0.2) is 24.3 Å². The smallest absolute Gasteiger partial charge is 0.315 e. The van der Waals surface area contributed by atoms with Crippen molar-refractivity contribution in [3.8, 4) is 0 Å². The second kappa shape index (κ2) is 9.39. The van der Waals surface area contributed by atoms with E-state index in [0.29, 0.717) is 6.54 Å². The van der Waals surface area contributed by atoms with Crippen LogP contribution in [0.15, 0.2) is 30.3 Å². The molecule has 0 radical (unpaired) electrons. The van der Waals surface area contributed by atoms with Gasteiger partial charge in [-0.1, -0.05) is 56.5 Å². The van der Waals surface area contributed by atoms with Crippen molar-refractivity contribution in [1.29, 1.82) is 0 Å². The average Bonchev–Trinajstić information content (AvgIpc) is 2.45. The fourth-order valence-electron chi connectivity index (χ4n) is 1.88. The minimum Gasteiger partial charge on any atom is -0.394 e. The molecule has 1 atom stereocenters. The Morgan fingerprint density at radius 1 is 1.21 bits per heavy atom. The quantitative estimate of drug-likeness (QED) is 0.632. The third-order valence-electron chi connectivity index (χ3n) is 3.01. The fraction of sp³-hybridized carbons (Fsp3) is 0.533. The number of benzene rings is 1. The summed E-state index contributed by atoms with van der Waals surface area (Å²) in [5, 5.41) is 14.9. The Kier molecular flexibility index (Phi) is 7.66. The van der Waals surface area contributed by atoms with Crippen molar-refractivity contribution < 1.29 is 9.90 Å². The van der Waals surface area contributed by atoms with E-state index < -0.39 is 0 Å². The third kappa shape index (κ3) is 6.25. The molecule has 3 N–H and O–H groups in total. The molecule has 0 saturated heterocycles. The Labute approximate surface area is 115 Å². The molecule has 1 aromatic rings. The number of aliphatic hydroxyl groups is 1. The summed E-state index contributed by atoms with van der Waals surface area (Å²) in [6.45, 7) is 2.73. The molecule has 19 heavy (non-hydrogen) atoms. The summed E-state index contributed by atoms with van der Waals surface area (Å²) >= 11 is 0. The highest BCUT2D eigenvalue weighted by atomic mass is 16.3. The zero-order valence-corrected chi connectivity index (χ0v) is 11.6. The van der Waals surface area contributed by atoms with Gasteiger partial charge in [0.1, 0.15) is 0 Å². The van der Waals surface area contributed by atoms with Crippen molar-refractivity contribution in [1.82, 2.24) is 10.6 Å². The number of amides is 2. The Morgan fingerprint density at radius 2 is 1.95 bits per heavy atom. The van der Waals surface area contributed by atoms with E-state index >= 15 is 0 Å². The predicted octanol–water partition coefficient (Wildman–Crippen LogP) is 2.60. The van der Waals surface area contributed by atoms with Crippen LogP contribution in [0.3, 0.4) is 0 Å². The zero-order valence-electron chi connectivity index (χ0n) is 11.6. The number of aliphatic hydroxyl groups excluding tert-OH is 1. The highest BCUT2D eigenvalue weighted by molar-refractivity contribution is 5.74. The third-order valence-corrected chi connectivity index (χ3v) is 3.01. The summed E-state index contributed by atoms with van der Waals surface area (Å²) in [7, 11) is 0. The van der Waals surface area contributed by atoms with E-state index in [9.17, 15) is 9.90 Å². The lowest BCUT2D eigenvalue weighted by atomic mass is 10.1. The maximum atomic E-state index is 11.7. The molecular weight excluding hydrogens is 240 g/mol. The molecule has 106 valence electrons. The molecule has 0 heterocycles. The lowest BCUT2D eigenvalue weighted by Gasteiger charge is -2.17. The first-order valence-electron chi connectivity index (χ1n) is 6.98. The number of urea groups is 1. The number of unbranched alkanes of at least 4 members (excludes halogenated alkanes) is 3. The molecule has 4 nitrogen and oxygen atoms in total. The van der Waals surface area contributed by atoms with Gasteiger partial charge in [-0.15, -0.1) is 0 Å². The summed E-state index contributed by atoms with van der Waals surface area (Å²) in [5.41, 5.74) is 0.908. The number of carbonyl (C=O) groups excluding carboxylic acids is 1. The minimum absolute atomic E-state index is 0.104. The van der Waals surface area contributed by atoms with Crippen LogP contribution in [-0.2, 0) is 0 Å². The van der Waals surface area contributed by atoms with Crippen LogP contribution in [0.5, 0.6) is 0 Å². The van der Waals surface area contributed by atoms with Gasteiger partial charge in [-0.2, -0.15) is 0 Å². The van der Waals surface area contributed by atoms with E-state index in [2.05, 4.69) is 17.6 Å². The van der Waals surface area contributed by atoms with Crippen molar-refractivity contribution in [3.05, 3.63) is 35.9 Å². The molecule has 1 aromatic carbocycles. The summed E-state index contributed by atoms with van der Waals surface area (Å²) in [6, 6.07) is 8.90. The van der Waals surface area contributed by atoms with Gasteiger partial charge in [0.25, 0.3) is 0 Å². The first kappa shape index (κ1) is 15.5. The molecule has 2 amide bonds. The summed E-state index contributed by atoms with van der Waals surface area (Å²) in [5.74, 6) is 0. The molecular formula is C15H24N2O2. The van der Waals surface area contributed by atoms with Crippen LogP contribution in [0.2, 0.25) is 0 Å². The molecule has 0 spiro atoms. The largest absolute Gasteiger partial charge is 0.394 e. The van der Waals surface area contributed by atoms with E-state index in [0.717, 1.165) is 18.4 Å². The van der Waals surface area contributed by atoms with Crippen LogP contribution < -0.4 is 10.6 Å². The van der Waals surface area contributed by atoms with Gasteiger partial charge in [-0.3, -0.25) is 0 Å². The topological polar surface area (TPSA) is 61.4 Å². The molecule has 1 rings (SSSR count). The molecule has 0 aliphatic rings. The highest BCUT2D eigenvalue weighted by Crippen LogP contribution is 2.11. The highest BCUT2D eigenvalue weighted by Gasteiger charge is 2.12. The summed E-state index contributed by atoms with van der Waals surface area (Å²) in [4.78, 5) is 11.7. The van der Waals surface area contributed by atoms with E-state index in [1.165, 1.54) is 12.8 Å². The lowest BCUT2D eigenvalue weighted by Crippen LogP contribution is -2.39. The maximum absolute atomic E-state index is 11.7. The van der Waals surface area contributed by atoms with Crippen molar-refractivity contribution in [2.45, 2.75) is 38.6 Å². The van der Waals surface area contributed by atoms with Gasteiger partial charge >= 0.3 is 6.03 Å². The molecule has 0 aliphatic heterocycles. The zero-order chi connectivity index (χ0) is 13.9. The van der Waals surface area contributed by atoms with Crippen LogP contribution in [0.1, 0.15) is 44.2 Å². The van der Waals surface area contributed by atoms with E-state index in [1.54, 1.807) is 0 Å². The number of hydrogen-bond donors (Lipinski definition) is 3. The molecule has 0 fully saturated rings. The predicted molar refractivity (Wildman–Crippen MR) is 76.9 cm³/mol. The molecule has 0 aromatic heterocycles. The lowest BCUT2D eigenvalue weighted by molar-refractivity contribution is 0.217. The number of carbonyl (C=O) groups is 1. The van der Waals surface area contributed by atoms with Crippen LogP contribution in [0, 0.1) is 0 Å². The number of rotatable bonds is 8. The molecule has 1 unspecified atom stereocenters. The Morgan fingerprint density at radius 3 is 2.58 bits per heavy atom. The van der Waals surface area contributed by atoms with Crippen molar-refractivity contribution in [3.63, 3.8) is 0 Å². The number of hydrogen-bond acceptors (Lipinski definition) is 2. The van der Waals surface area contributed by atoms with E-state index in [-0.39, 0.29) is 18.7 Å². The Bertz CT molecular complexity index is 354. The number of nitrogens with one attached hydrogen (secondary N) is 2. The van der Waals surface area contributed by atoms with Gasteiger partial charge in [0, 0.05) is 6.54 Å². The second-order valence-electron chi connectivity index (χ2n) is 4.61. The monoisotopic (exact) mass is 264 g/mol. The van der Waals surface area contributed by atoms with Gasteiger partial charge in [0.2, 0.25) is 0 Å². The average molecular weight is 264 g/mol. The van der Waals surface area contributed by atoms with Crippen LogP contribution >= 0.6 is 0 Å². The van der Waals surface area contributed by atoms with Gasteiger partial charge in [0.15, 0.2) is 0 Å². The standard InChI is InChI=1S/C15H24N2O2/c1-2-3-4-8-11-16-15(19)17-14(12-18)13-9-6-5-7-10-13/h5-7,9-10,14,18H,2-4,8,11-12H2,1H3,(H2,16,17,19). The fourth-order valence-corrected chi connectivity index (χ4v) is 1.88.